The van der Waals surface area contributed by atoms with Gasteiger partial charge in [0.15, 0.2) is 17.7 Å². The quantitative estimate of drug-likeness (QED) is 0.808. The number of benzene rings is 2. The predicted molar refractivity (Wildman–Crippen MR) is 105 cm³/mol. The van der Waals surface area contributed by atoms with Gasteiger partial charge in [0.2, 0.25) is 0 Å². The van der Waals surface area contributed by atoms with Gasteiger partial charge in [0.05, 0.1) is 19.3 Å². The highest BCUT2D eigenvalue weighted by Gasteiger charge is 2.34. The van der Waals surface area contributed by atoms with Crippen LogP contribution in [0, 0.1) is 5.82 Å². The molecule has 0 radical (unpaired) electrons. The van der Waals surface area contributed by atoms with E-state index in [1.54, 1.807) is 6.07 Å². The van der Waals surface area contributed by atoms with Gasteiger partial charge in [-0.3, -0.25) is 4.79 Å². The molecule has 2 heterocycles. The van der Waals surface area contributed by atoms with Crippen LogP contribution in [0.25, 0.3) is 0 Å². The molecule has 1 amide bonds. The number of fused-ring (bicyclic) bond motifs is 1. The largest absolute Gasteiger partial charge is 0.494 e. The van der Waals surface area contributed by atoms with Crippen molar-refractivity contribution in [3.05, 3.63) is 53.8 Å². The molecular formula is C22H25FN2O3. The predicted octanol–water partition coefficient (Wildman–Crippen LogP) is 3.61. The fraction of sp³-hybridized carbons (Fsp3) is 0.409. The maximum absolute atomic E-state index is 14.1. The first-order valence-corrected chi connectivity index (χ1v) is 9.77. The number of rotatable bonds is 4. The minimum atomic E-state index is -0.545. The Kier molecular flexibility index (Phi) is 5.37. The van der Waals surface area contributed by atoms with E-state index in [0.29, 0.717) is 18.8 Å². The Labute approximate surface area is 164 Å². The summed E-state index contributed by atoms with van der Waals surface area (Å²) in [5.74, 6) is 0.574. The number of anilines is 1. The number of hydrogen-bond acceptors (Lipinski definition) is 4. The van der Waals surface area contributed by atoms with Gasteiger partial charge in [0.1, 0.15) is 5.75 Å². The summed E-state index contributed by atoms with van der Waals surface area (Å²) in [7, 11) is 1.45. The fourth-order valence-electron chi connectivity index (χ4n) is 3.93. The van der Waals surface area contributed by atoms with Crippen molar-refractivity contribution in [2.24, 2.45) is 0 Å². The van der Waals surface area contributed by atoms with E-state index >= 15 is 0 Å². The number of piperidine rings is 1. The summed E-state index contributed by atoms with van der Waals surface area (Å²) in [5, 5.41) is 0. The highest BCUT2D eigenvalue weighted by Crippen LogP contribution is 2.35. The normalized spacial score (nSPS) is 19.0. The number of carbonyl (C=O) groups excluding carboxylic acids is 1. The van der Waals surface area contributed by atoms with Crippen LogP contribution >= 0.6 is 0 Å². The summed E-state index contributed by atoms with van der Waals surface area (Å²) >= 11 is 0. The average molecular weight is 384 g/mol. The van der Waals surface area contributed by atoms with Crippen LogP contribution in [0.2, 0.25) is 0 Å². The Morgan fingerprint density at radius 2 is 1.96 bits per heavy atom. The van der Waals surface area contributed by atoms with Crippen LogP contribution in [-0.4, -0.2) is 43.7 Å². The van der Waals surface area contributed by atoms with Gasteiger partial charge >= 0.3 is 0 Å². The maximum atomic E-state index is 14.1. The van der Waals surface area contributed by atoms with E-state index in [1.807, 2.05) is 35.2 Å². The van der Waals surface area contributed by atoms with E-state index in [0.717, 1.165) is 37.2 Å². The zero-order valence-corrected chi connectivity index (χ0v) is 16.1. The fourth-order valence-corrected chi connectivity index (χ4v) is 3.93. The molecule has 0 N–H and O–H groups in total. The van der Waals surface area contributed by atoms with Gasteiger partial charge in [-0.2, -0.15) is 0 Å². The average Bonchev–Trinajstić information content (AvgIpc) is 2.74. The van der Waals surface area contributed by atoms with Crippen LogP contribution < -0.4 is 14.4 Å². The first-order valence-electron chi connectivity index (χ1n) is 9.77. The minimum absolute atomic E-state index is 0.0418. The number of halogens is 1. The first-order chi connectivity index (χ1) is 13.7. The number of ether oxygens (including phenoxy) is 2. The molecule has 0 unspecified atom stereocenters. The van der Waals surface area contributed by atoms with E-state index in [1.165, 1.54) is 19.6 Å². The lowest BCUT2D eigenvalue weighted by atomic mass is 10.1. The number of hydrogen-bond donors (Lipinski definition) is 0. The highest BCUT2D eigenvalue weighted by molar-refractivity contribution is 5.83. The van der Waals surface area contributed by atoms with E-state index in [9.17, 15) is 9.18 Å². The molecule has 0 aromatic heterocycles. The summed E-state index contributed by atoms with van der Waals surface area (Å²) in [6, 6.07) is 12.7. The van der Waals surface area contributed by atoms with E-state index in [-0.39, 0.29) is 17.5 Å². The number of para-hydroxylation sites is 2. The molecule has 1 atom stereocenters. The standard InChI is InChI=1S/C22H25FN2O3/c1-27-19-10-9-16(13-17(19)23)14-25-15-21(22(26)24-11-5-2-6-12-24)28-20-8-4-3-7-18(20)25/h3-4,7-10,13,21H,2,5-6,11-12,14-15H2,1H3/t21-/m1/s1. The van der Waals surface area contributed by atoms with Gasteiger partial charge in [-0.05, 0) is 49.1 Å². The summed E-state index contributed by atoms with van der Waals surface area (Å²) < 4.78 is 25.2. The number of carbonyl (C=O) groups is 1. The van der Waals surface area contributed by atoms with Gasteiger partial charge in [-0.15, -0.1) is 0 Å². The molecule has 148 valence electrons. The van der Waals surface area contributed by atoms with Crippen molar-refractivity contribution in [2.75, 3.05) is 31.6 Å². The van der Waals surface area contributed by atoms with Gasteiger partial charge in [0, 0.05) is 19.6 Å². The Bertz CT molecular complexity index is 851. The molecule has 6 heteroatoms. The van der Waals surface area contributed by atoms with E-state index < -0.39 is 6.10 Å². The second kappa shape index (κ2) is 8.09. The van der Waals surface area contributed by atoms with Crippen LogP contribution in [-0.2, 0) is 11.3 Å². The molecule has 1 fully saturated rings. The van der Waals surface area contributed by atoms with Crippen molar-refractivity contribution < 1.29 is 18.7 Å². The Hall–Kier alpha value is -2.76. The summed E-state index contributed by atoms with van der Waals surface area (Å²) in [4.78, 5) is 17.0. The number of likely N-dealkylation sites (tertiary alicyclic amines) is 1. The monoisotopic (exact) mass is 384 g/mol. The molecule has 2 aromatic carbocycles. The number of methoxy groups -OCH3 is 1. The van der Waals surface area contributed by atoms with Crippen molar-refractivity contribution in [3.63, 3.8) is 0 Å². The van der Waals surface area contributed by atoms with Crippen molar-refractivity contribution in [2.45, 2.75) is 31.9 Å². The molecular weight excluding hydrogens is 359 g/mol. The first kappa shape index (κ1) is 18.6. The van der Waals surface area contributed by atoms with E-state index in [4.69, 9.17) is 9.47 Å². The molecule has 0 spiro atoms. The molecule has 0 bridgehead atoms. The van der Waals surface area contributed by atoms with Crippen LogP contribution in [0.15, 0.2) is 42.5 Å². The third-order valence-electron chi connectivity index (χ3n) is 5.39. The van der Waals surface area contributed by atoms with Gasteiger partial charge in [0.25, 0.3) is 5.91 Å². The van der Waals surface area contributed by atoms with Crippen LogP contribution in [0.1, 0.15) is 24.8 Å². The molecule has 2 aromatic rings. The van der Waals surface area contributed by atoms with Gasteiger partial charge < -0.3 is 19.3 Å². The Morgan fingerprint density at radius 3 is 2.71 bits per heavy atom. The lowest BCUT2D eigenvalue weighted by molar-refractivity contribution is -0.139. The molecule has 4 rings (SSSR count). The highest BCUT2D eigenvalue weighted by atomic mass is 19.1. The van der Waals surface area contributed by atoms with Crippen molar-refractivity contribution in [1.29, 1.82) is 0 Å². The lowest BCUT2D eigenvalue weighted by Gasteiger charge is -2.38. The number of amides is 1. The van der Waals surface area contributed by atoms with E-state index in [2.05, 4.69) is 4.90 Å². The molecule has 5 nitrogen and oxygen atoms in total. The van der Waals surface area contributed by atoms with Crippen molar-refractivity contribution >= 4 is 11.6 Å². The summed E-state index contributed by atoms with van der Waals surface area (Å²) in [6.45, 7) is 2.53. The third-order valence-corrected chi connectivity index (χ3v) is 5.39. The molecule has 0 saturated carbocycles. The molecule has 2 aliphatic heterocycles. The molecule has 1 saturated heterocycles. The minimum Gasteiger partial charge on any atom is -0.494 e. The molecule has 0 aliphatic carbocycles. The lowest BCUT2D eigenvalue weighted by Crippen LogP contribution is -2.51. The summed E-state index contributed by atoms with van der Waals surface area (Å²) in [6.07, 6.45) is 2.72. The summed E-state index contributed by atoms with van der Waals surface area (Å²) in [5.41, 5.74) is 1.74. The smallest absolute Gasteiger partial charge is 0.265 e. The molecule has 2 aliphatic rings. The third kappa shape index (κ3) is 3.77. The zero-order valence-electron chi connectivity index (χ0n) is 16.1. The van der Waals surface area contributed by atoms with Gasteiger partial charge in [-0.1, -0.05) is 18.2 Å². The Balaban J connectivity index is 1.56. The topological polar surface area (TPSA) is 42.0 Å². The van der Waals surface area contributed by atoms with Crippen LogP contribution in [0.4, 0.5) is 10.1 Å². The Morgan fingerprint density at radius 1 is 1.18 bits per heavy atom. The second-order valence-corrected chi connectivity index (χ2v) is 7.31. The SMILES string of the molecule is COc1ccc(CN2C[C@H](C(=O)N3CCCCC3)Oc3ccccc32)cc1F. The number of nitrogens with zero attached hydrogens (tertiary/aromatic N) is 2. The zero-order chi connectivity index (χ0) is 19.5. The maximum Gasteiger partial charge on any atom is 0.265 e. The van der Waals surface area contributed by atoms with Crippen molar-refractivity contribution in [1.82, 2.24) is 4.90 Å². The molecule has 28 heavy (non-hydrogen) atoms. The second-order valence-electron chi connectivity index (χ2n) is 7.31. The van der Waals surface area contributed by atoms with Crippen LogP contribution in [0.3, 0.4) is 0 Å². The van der Waals surface area contributed by atoms with Crippen LogP contribution in [0.5, 0.6) is 11.5 Å². The van der Waals surface area contributed by atoms with Crippen molar-refractivity contribution in [3.8, 4) is 11.5 Å². The van der Waals surface area contributed by atoms with Gasteiger partial charge in [-0.25, -0.2) is 4.39 Å².